The summed E-state index contributed by atoms with van der Waals surface area (Å²) in [6, 6.07) is -6.38. The maximum atomic E-state index is 12.1. The summed E-state index contributed by atoms with van der Waals surface area (Å²) < 4.78 is 0. The SMILES string of the molecule is O=C([O-])C[C@H](N=C([O-])CN(CC([O-])=N[C@@H](CC(=O)[O-])C(=O)O)CC([O-])=N[C@@H](CC(=O)[O-])C(=O)O)C(=O)O.[Na+].[Na+].[Na+].[Na+].[Na+].[Na+]. The summed E-state index contributed by atoms with van der Waals surface area (Å²) >= 11 is 0. The van der Waals surface area contributed by atoms with Crippen LogP contribution in [-0.2, 0) is 28.8 Å². The van der Waals surface area contributed by atoms with Gasteiger partial charge in [0.25, 0.3) is 0 Å². The van der Waals surface area contributed by atoms with Crippen LogP contribution in [0, 0.1) is 0 Å². The predicted molar refractivity (Wildman–Crippen MR) is 102 cm³/mol. The minimum Gasteiger partial charge on any atom is -0.861 e. The normalized spacial score (nSPS) is 12.9. The van der Waals surface area contributed by atoms with Crippen molar-refractivity contribution in [2.75, 3.05) is 19.6 Å². The van der Waals surface area contributed by atoms with Crippen LogP contribution in [-0.4, -0.2) is 111 Å². The van der Waals surface area contributed by atoms with Crippen LogP contribution in [0.2, 0.25) is 0 Å². The number of aliphatic imine (C=N–C) groups is 3. The Morgan fingerprint density at radius 1 is 0.465 bits per heavy atom. The van der Waals surface area contributed by atoms with Gasteiger partial charge in [0.05, 0.1) is 0 Å². The Bertz CT molecular complexity index is 891. The number of hydrogen-bond acceptors (Lipinski definition) is 16. The van der Waals surface area contributed by atoms with Crippen LogP contribution >= 0.6 is 0 Å². The van der Waals surface area contributed by atoms with Gasteiger partial charge in [0, 0.05) is 56.8 Å². The van der Waals surface area contributed by atoms with E-state index in [-0.39, 0.29) is 177 Å². The van der Waals surface area contributed by atoms with E-state index >= 15 is 0 Å². The van der Waals surface area contributed by atoms with Crippen molar-refractivity contribution in [1.29, 1.82) is 0 Å². The third-order valence-electron chi connectivity index (χ3n) is 3.91. The molecule has 0 fully saturated rings. The van der Waals surface area contributed by atoms with E-state index in [1.54, 1.807) is 0 Å². The molecule has 0 aliphatic carbocycles. The zero-order chi connectivity index (χ0) is 28.9. The molecule has 3 N–H and O–H groups in total. The third kappa shape index (κ3) is 30.3. The van der Waals surface area contributed by atoms with E-state index in [9.17, 15) is 59.4 Å². The second-order valence-electron chi connectivity index (χ2n) is 7.00. The van der Waals surface area contributed by atoms with Crippen molar-refractivity contribution >= 4 is 53.5 Å². The largest absolute Gasteiger partial charge is 1.00 e. The molecular formula is C18H18N4Na6O15. The van der Waals surface area contributed by atoms with Gasteiger partial charge >= 0.3 is 195 Å². The molecule has 0 aliphatic heterocycles. The summed E-state index contributed by atoms with van der Waals surface area (Å²) in [6.07, 6.45) is -3.68. The second kappa shape index (κ2) is 31.8. The average Bonchev–Trinajstić information content (AvgIpc) is 2.70. The molecule has 3 atom stereocenters. The number of carbonyl (C=O) groups excluding carboxylic acids is 3. The van der Waals surface area contributed by atoms with Gasteiger partial charge in [-0.05, 0) is 17.7 Å². The van der Waals surface area contributed by atoms with Gasteiger partial charge in [-0.2, -0.15) is 0 Å². The molecule has 0 saturated carbocycles. The predicted octanol–water partition coefficient (Wildman–Crippen LogP) is -27.6. The quantitative estimate of drug-likeness (QED) is 0.0693. The fourth-order valence-electron chi connectivity index (χ4n) is 2.42. The van der Waals surface area contributed by atoms with Gasteiger partial charge in [-0.15, -0.1) is 0 Å². The van der Waals surface area contributed by atoms with Gasteiger partial charge < -0.3 is 60.3 Å². The summed E-state index contributed by atoms with van der Waals surface area (Å²) in [7, 11) is 0. The first-order valence-electron chi connectivity index (χ1n) is 9.73. The summed E-state index contributed by atoms with van der Waals surface area (Å²) in [6.45, 7) is -3.35. The smallest absolute Gasteiger partial charge is 0.861 e. The summed E-state index contributed by atoms with van der Waals surface area (Å²) in [5, 5.41) is 95.1. The van der Waals surface area contributed by atoms with Crippen molar-refractivity contribution in [1.82, 2.24) is 4.90 Å². The fraction of sp³-hybridized carbons (Fsp3) is 0.500. The topological polar surface area (TPSA) is 342 Å². The number of hydrogen-bond donors (Lipinski definition) is 3. The molecule has 0 rings (SSSR count). The molecule has 0 radical (unpaired) electrons. The maximum absolute atomic E-state index is 12.1. The van der Waals surface area contributed by atoms with Gasteiger partial charge in [-0.3, -0.25) is 19.9 Å². The molecule has 43 heavy (non-hydrogen) atoms. The van der Waals surface area contributed by atoms with E-state index in [4.69, 9.17) is 15.3 Å². The Morgan fingerprint density at radius 3 is 0.791 bits per heavy atom. The molecule has 25 heteroatoms. The van der Waals surface area contributed by atoms with Crippen molar-refractivity contribution in [2.24, 2.45) is 15.0 Å². The van der Waals surface area contributed by atoms with Crippen LogP contribution in [0.5, 0.6) is 0 Å². The molecule has 0 aromatic heterocycles. The molecule has 206 valence electrons. The molecule has 0 spiro atoms. The Hall–Kier alpha value is 1.19. The molecule has 19 nitrogen and oxygen atoms in total. The Kier molecular flexibility index (Phi) is 44.0. The van der Waals surface area contributed by atoms with Crippen LogP contribution in [0.25, 0.3) is 0 Å². The first kappa shape index (κ1) is 59.6. The number of aliphatic carboxylic acids is 6. The van der Waals surface area contributed by atoms with Gasteiger partial charge in [0.15, 0.2) is 18.1 Å². The Morgan fingerprint density at radius 2 is 0.651 bits per heavy atom. The van der Waals surface area contributed by atoms with Crippen LogP contribution in [0.3, 0.4) is 0 Å². The van der Waals surface area contributed by atoms with Crippen LogP contribution < -0.4 is 208 Å². The number of carbonyl (C=O) groups is 6. The molecule has 0 heterocycles. The Balaban J connectivity index is -0.000000432. The summed E-state index contributed by atoms with van der Waals surface area (Å²) in [5.41, 5.74) is 0. The second-order valence-corrected chi connectivity index (χ2v) is 7.00. The first-order chi connectivity index (χ1) is 17.0. The fourth-order valence-corrected chi connectivity index (χ4v) is 2.42. The number of nitrogens with zero attached hydrogens (tertiary/aromatic N) is 4. The van der Waals surface area contributed by atoms with Crippen molar-refractivity contribution in [3.05, 3.63) is 0 Å². The number of carboxylic acids is 6. The minimum absolute atomic E-state index is 0. The molecular weight excluding hydrogens is 650 g/mol. The zero-order valence-corrected chi connectivity index (χ0v) is 36.5. The standard InChI is InChI=1S/C18H24N4O15.6Na/c23-10(19-7(16(32)33)1-13(26)27)4-22(5-11(24)20-8(17(34)35)2-14(28)29)6-12(25)21-9(18(36)37)3-15(30)31;;;;;;/h7-9H,1-6H2,(H,19,23)(H,20,24)(H,21,25)(H,26,27)(H,28,29)(H,30,31)(H,32,33)(H,34,35)(H,36,37);;;;;;/q;6*+1/p-6/t7-,8-,9-;;;;;;/m0....../s1. The van der Waals surface area contributed by atoms with Crippen molar-refractivity contribution < 1.29 is 252 Å². The maximum Gasteiger partial charge on any atom is 1.00 e. The van der Waals surface area contributed by atoms with Crippen molar-refractivity contribution in [2.45, 2.75) is 37.4 Å². The summed E-state index contributed by atoms with van der Waals surface area (Å²) in [4.78, 5) is 74.8. The van der Waals surface area contributed by atoms with Crippen LogP contribution in [0.4, 0.5) is 0 Å². The van der Waals surface area contributed by atoms with Crippen molar-refractivity contribution in [3.63, 3.8) is 0 Å². The molecule has 0 amide bonds. The van der Waals surface area contributed by atoms with Gasteiger partial charge in [-0.1, -0.05) is 0 Å². The van der Waals surface area contributed by atoms with E-state index < -0.39 is 111 Å². The molecule has 0 saturated heterocycles. The molecule has 0 aromatic rings. The molecule has 0 aromatic carbocycles. The van der Waals surface area contributed by atoms with Crippen molar-refractivity contribution in [3.8, 4) is 0 Å². The van der Waals surface area contributed by atoms with Crippen LogP contribution in [0.15, 0.2) is 15.0 Å². The van der Waals surface area contributed by atoms with E-state index in [1.807, 2.05) is 0 Å². The van der Waals surface area contributed by atoms with Gasteiger partial charge in [0.2, 0.25) is 0 Å². The first-order valence-corrected chi connectivity index (χ1v) is 9.73. The molecule has 0 bridgehead atoms. The number of rotatable bonds is 18. The van der Waals surface area contributed by atoms with E-state index in [0.29, 0.717) is 4.90 Å². The molecule has 0 unspecified atom stereocenters. The van der Waals surface area contributed by atoms with E-state index in [1.165, 1.54) is 0 Å². The Labute approximate surface area is 376 Å². The van der Waals surface area contributed by atoms with Gasteiger partial charge in [0.1, 0.15) is 0 Å². The van der Waals surface area contributed by atoms with Gasteiger partial charge in [-0.25, -0.2) is 14.4 Å². The minimum atomic E-state index is -2.13. The zero-order valence-electron chi connectivity index (χ0n) is 24.5. The summed E-state index contributed by atoms with van der Waals surface area (Å²) in [5.74, 6) is -15.4. The monoisotopic (exact) mass is 668 g/mol. The van der Waals surface area contributed by atoms with E-state index in [2.05, 4.69) is 15.0 Å². The third-order valence-corrected chi connectivity index (χ3v) is 3.91. The average molecular weight is 668 g/mol. The number of carboxylic acid groups (broad SMARTS) is 6. The van der Waals surface area contributed by atoms with E-state index in [0.717, 1.165) is 0 Å². The van der Waals surface area contributed by atoms with Crippen LogP contribution in [0.1, 0.15) is 19.3 Å². The molecule has 0 aliphatic rings.